The minimum absolute atomic E-state index is 0.608. The molecule has 0 saturated carbocycles. The third-order valence-corrected chi connectivity index (χ3v) is 2.61. The van der Waals surface area contributed by atoms with Crippen molar-refractivity contribution in [1.82, 2.24) is 5.16 Å². The van der Waals surface area contributed by atoms with Crippen molar-refractivity contribution >= 4 is 11.3 Å². The van der Waals surface area contributed by atoms with Gasteiger partial charge in [-0.15, -0.1) is 11.3 Å². The molecule has 2 heterocycles. The van der Waals surface area contributed by atoms with E-state index in [1.54, 1.807) is 11.3 Å². The fourth-order valence-corrected chi connectivity index (χ4v) is 1.79. The first-order chi connectivity index (χ1) is 6.40. The molecule has 2 rings (SSSR count). The normalized spacial score (nSPS) is 10.5. The summed E-state index contributed by atoms with van der Waals surface area (Å²) in [6.45, 7) is 0.608. The third-order valence-electron chi connectivity index (χ3n) is 1.72. The lowest BCUT2D eigenvalue weighted by Crippen LogP contribution is -2.02. The Morgan fingerprint density at radius 2 is 2.46 bits per heavy atom. The highest BCUT2D eigenvalue weighted by molar-refractivity contribution is 7.13. The molecule has 0 amide bonds. The number of rotatable bonds is 3. The number of thiophene rings is 1. The van der Waals surface area contributed by atoms with Gasteiger partial charge in [0.25, 0.3) is 0 Å². The molecule has 0 spiro atoms. The van der Waals surface area contributed by atoms with Crippen LogP contribution in [-0.2, 0) is 6.42 Å². The first-order valence-electron chi connectivity index (χ1n) is 4.09. The van der Waals surface area contributed by atoms with Crippen molar-refractivity contribution in [3.8, 4) is 10.6 Å². The second-order valence-electron chi connectivity index (χ2n) is 2.70. The van der Waals surface area contributed by atoms with Crippen molar-refractivity contribution in [1.29, 1.82) is 0 Å². The van der Waals surface area contributed by atoms with Gasteiger partial charge in [-0.1, -0.05) is 11.2 Å². The number of nitrogens with two attached hydrogens (primary N) is 1. The molecule has 0 bridgehead atoms. The first kappa shape index (κ1) is 8.47. The Morgan fingerprint density at radius 1 is 1.54 bits per heavy atom. The molecular weight excluding hydrogens is 184 g/mol. The molecule has 0 aliphatic heterocycles. The zero-order chi connectivity index (χ0) is 9.10. The van der Waals surface area contributed by atoms with Crippen LogP contribution in [0.1, 0.15) is 5.69 Å². The van der Waals surface area contributed by atoms with Gasteiger partial charge in [0.1, 0.15) is 0 Å². The molecule has 68 valence electrons. The Kier molecular flexibility index (Phi) is 2.42. The third kappa shape index (κ3) is 1.79. The summed E-state index contributed by atoms with van der Waals surface area (Å²) < 4.78 is 5.17. The van der Waals surface area contributed by atoms with Gasteiger partial charge in [0.15, 0.2) is 5.76 Å². The standard InChI is InChI=1S/C9H10N2OS/c10-4-3-7-6-8(12-11-7)9-2-1-5-13-9/h1-2,5-6H,3-4,10H2. The molecule has 0 atom stereocenters. The summed E-state index contributed by atoms with van der Waals surface area (Å²) in [6, 6.07) is 5.95. The molecule has 13 heavy (non-hydrogen) atoms. The molecule has 0 radical (unpaired) electrons. The van der Waals surface area contributed by atoms with E-state index in [9.17, 15) is 0 Å². The van der Waals surface area contributed by atoms with Crippen molar-refractivity contribution in [2.75, 3.05) is 6.54 Å². The maximum Gasteiger partial charge on any atom is 0.177 e. The SMILES string of the molecule is NCCc1cc(-c2cccs2)on1. The van der Waals surface area contributed by atoms with Crippen LogP contribution in [0.3, 0.4) is 0 Å². The average molecular weight is 194 g/mol. The van der Waals surface area contributed by atoms with Gasteiger partial charge < -0.3 is 10.3 Å². The Bertz CT molecular complexity index is 367. The molecule has 0 saturated heterocycles. The molecule has 2 aromatic rings. The maximum atomic E-state index is 5.41. The fourth-order valence-electron chi connectivity index (χ4n) is 1.11. The van der Waals surface area contributed by atoms with Crippen LogP contribution in [0.15, 0.2) is 28.1 Å². The largest absolute Gasteiger partial charge is 0.355 e. The molecule has 0 aromatic carbocycles. The summed E-state index contributed by atoms with van der Waals surface area (Å²) >= 11 is 1.64. The highest BCUT2D eigenvalue weighted by Gasteiger charge is 2.05. The number of hydrogen-bond donors (Lipinski definition) is 1. The van der Waals surface area contributed by atoms with Crippen LogP contribution in [0.5, 0.6) is 0 Å². The summed E-state index contributed by atoms with van der Waals surface area (Å²) in [7, 11) is 0. The van der Waals surface area contributed by atoms with Gasteiger partial charge in [-0.05, 0) is 18.0 Å². The van der Waals surface area contributed by atoms with Crippen LogP contribution >= 0.6 is 11.3 Å². The van der Waals surface area contributed by atoms with E-state index >= 15 is 0 Å². The molecule has 0 fully saturated rings. The van der Waals surface area contributed by atoms with Crippen molar-refractivity contribution < 1.29 is 4.52 Å². The van der Waals surface area contributed by atoms with Crippen LogP contribution in [0.2, 0.25) is 0 Å². The van der Waals surface area contributed by atoms with Crippen LogP contribution in [0.25, 0.3) is 10.6 Å². The minimum Gasteiger partial charge on any atom is -0.355 e. The van der Waals surface area contributed by atoms with Crippen molar-refractivity contribution in [2.45, 2.75) is 6.42 Å². The van der Waals surface area contributed by atoms with Crippen molar-refractivity contribution in [3.63, 3.8) is 0 Å². The van der Waals surface area contributed by atoms with Crippen LogP contribution in [-0.4, -0.2) is 11.7 Å². The molecule has 0 aliphatic carbocycles. The predicted molar refractivity (Wildman–Crippen MR) is 52.6 cm³/mol. The van der Waals surface area contributed by atoms with E-state index in [4.69, 9.17) is 10.3 Å². The molecule has 2 N–H and O–H groups in total. The van der Waals surface area contributed by atoms with E-state index in [0.29, 0.717) is 6.54 Å². The van der Waals surface area contributed by atoms with E-state index in [2.05, 4.69) is 5.16 Å². The number of nitrogens with zero attached hydrogens (tertiary/aromatic N) is 1. The summed E-state index contributed by atoms with van der Waals surface area (Å²) in [6.07, 6.45) is 0.773. The van der Waals surface area contributed by atoms with Gasteiger partial charge in [-0.25, -0.2) is 0 Å². The lowest BCUT2D eigenvalue weighted by molar-refractivity contribution is 0.424. The summed E-state index contributed by atoms with van der Waals surface area (Å²) in [5.74, 6) is 0.832. The van der Waals surface area contributed by atoms with Gasteiger partial charge in [0.2, 0.25) is 0 Å². The Morgan fingerprint density at radius 3 is 3.15 bits per heavy atom. The average Bonchev–Trinajstić information content (AvgIpc) is 2.70. The smallest absolute Gasteiger partial charge is 0.177 e. The predicted octanol–water partition coefficient (Wildman–Crippen LogP) is 1.90. The lowest BCUT2D eigenvalue weighted by Gasteiger charge is -1.84. The quantitative estimate of drug-likeness (QED) is 0.812. The monoisotopic (exact) mass is 194 g/mol. The van der Waals surface area contributed by atoms with E-state index in [0.717, 1.165) is 22.8 Å². The second-order valence-corrected chi connectivity index (χ2v) is 3.65. The van der Waals surface area contributed by atoms with Gasteiger partial charge in [-0.2, -0.15) is 0 Å². The van der Waals surface area contributed by atoms with Crippen molar-refractivity contribution in [3.05, 3.63) is 29.3 Å². The Hall–Kier alpha value is -1.13. The Labute approximate surface area is 80.2 Å². The minimum atomic E-state index is 0.608. The maximum absolute atomic E-state index is 5.41. The topological polar surface area (TPSA) is 52.0 Å². The number of aromatic nitrogens is 1. The first-order valence-corrected chi connectivity index (χ1v) is 4.97. The zero-order valence-electron chi connectivity index (χ0n) is 7.06. The summed E-state index contributed by atoms with van der Waals surface area (Å²) in [5.41, 5.74) is 6.33. The van der Waals surface area contributed by atoms with E-state index in [1.165, 1.54) is 0 Å². The van der Waals surface area contributed by atoms with E-state index in [-0.39, 0.29) is 0 Å². The summed E-state index contributed by atoms with van der Waals surface area (Å²) in [4.78, 5) is 1.11. The van der Waals surface area contributed by atoms with Crippen molar-refractivity contribution in [2.24, 2.45) is 5.73 Å². The zero-order valence-corrected chi connectivity index (χ0v) is 7.88. The van der Waals surface area contributed by atoms with Crippen LogP contribution in [0, 0.1) is 0 Å². The lowest BCUT2D eigenvalue weighted by atomic mass is 10.3. The van der Waals surface area contributed by atoms with E-state index in [1.807, 2.05) is 23.6 Å². The van der Waals surface area contributed by atoms with Gasteiger partial charge in [0, 0.05) is 12.5 Å². The van der Waals surface area contributed by atoms with Crippen LogP contribution < -0.4 is 5.73 Å². The fraction of sp³-hybridized carbons (Fsp3) is 0.222. The van der Waals surface area contributed by atoms with Gasteiger partial charge in [0.05, 0.1) is 10.6 Å². The Balaban J connectivity index is 2.23. The molecule has 4 heteroatoms. The highest BCUT2D eigenvalue weighted by atomic mass is 32.1. The van der Waals surface area contributed by atoms with Gasteiger partial charge >= 0.3 is 0 Å². The van der Waals surface area contributed by atoms with E-state index < -0.39 is 0 Å². The van der Waals surface area contributed by atoms with Gasteiger partial charge in [-0.3, -0.25) is 0 Å². The van der Waals surface area contributed by atoms with Crippen LogP contribution in [0.4, 0.5) is 0 Å². The molecule has 0 aliphatic rings. The molecule has 2 aromatic heterocycles. The molecule has 0 unspecified atom stereocenters. The molecule has 3 nitrogen and oxygen atoms in total. The highest BCUT2D eigenvalue weighted by Crippen LogP contribution is 2.24. The number of hydrogen-bond acceptors (Lipinski definition) is 4. The summed E-state index contributed by atoms with van der Waals surface area (Å²) in [5, 5.41) is 5.93. The molecular formula is C9H10N2OS. The second kappa shape index (κ2) is 3.72.